The van der Waals surface area contributed by atoms with Crippen molar-refractivity contribution in [3.8, 4) is 6.07 Å². The van der Waals surface area contributed by atoms with Crippen molar-refractivity contribution in [2.75, 3.05) is 19.0 Å². The summed E-state index contributed by atoms with van der Waals surface area (Å²) in [6, 6.07) is 7.80. The fourth-order valence-electron chi connectivity index (χ4n) is 2.72. The molecule has 2 aromatic rings. The van der Waals surface area contributed by atoms with Crippen molar-refractivity contribution < 1.29 is 4.74 Å². The number of pyridine rings is 2. The molecule has 3 rings (SSSR count). The van der Waals surface area contributed by atoms with Gasteiger partial charge in [-0.3, -0.25) is 0 Å². The van der Waals surface area contributed by atoms with E-state index in [-0.39, 0.29) is 0 Å². The van der Waals surface area contributed by atoms with Crippen LogP contribution in [0.1, 0.15) is 24.8 Å². The second-order valence-electron chi connectivity index (χ2n) is 5.46. The molecule has 1 aliphatic rings. The molecule has 21 heavy (non-hydrogen) atoms. The van der Waals surface area contributed by atoms with Crippen molar-refractivity contribution in [1.82, 2.24) is 9.97 Å². The number of methoxy groups -OCH3 is 1. The van der Waals surface area contributed by atoms with Gasteiger partial charge in [0.25, 0.3) is 0 Å². The normalized spacial score (nSPS) is 20.8. The third-order valence-electron chi connectivity index (χ3n) is 4.08. The monoisotopic (exact) mass is 282 g/mol. The zero-order valence-electron chi connectivity index (χ0n) is 12.0. The molecular weight excluding hydrogens is 264 g/mol. The van der Waals surface area contributed by atoms with E-state index < -0.39 is 0 Å². The van der Waals surface area contributed by atoms with Gasteiger partial charge in [0, 0.05) is 25.2 Å². The first kappa shape index (κ1) is 13.8. The summed E-state index contributed by atoms with van der Waals surface area (Å²) < 4.78 is 5.28. The Morgan fingerprint density at radius 3 is 3.10 bits per heavy atom. The van der Waals surface area contributed by atoms with Crippen molar-refractivity contribution in [2.24, 2.45) is 5.92 Å². The Labute approximate surface area is 124 Å². The molecule has 0 aliphatic heterocycles. The SMILES string of the molecule is COC1CC(CCNc2nc3ncccc3cc2C#N)C1. The number of ether oxygens (including phenoxy) is 1. The molecule has 5 heteroatoms. The summed E-state index contributed by atoms with van der Waals surface area (Å²) in [4.78, 5) is 8.68. The summed E-state index contributed by atoms with van der Waals surface area (Å²) in [5.74, 6) is 1.35. The Hall–Kier alpha value is -2.19. The van der Waals surface area contributed by atoms with Crippen LogP contribution in [-0.2, 0) is 4.74 Å². The van der Waals surface area contributed by atoms with Crippen LogP contribution in [0.25, 0.3) is 11.0 Å². The number of nitrogens with one attached hydrogen (secondary N) is 1. The van der Waals surface area contributed by atoms with Gasteiger partial charge in [-0.05, 0) is 43.4 Å². The molecular formula is C16H18N4O. The van der Waals surface area contributed by atoms with Gasteiger partial charge in [0.15, 0.2) is 5.65 Å². The highest BCUT2D eigenvalue weighted by atomic mass is 16.5. The smallest absolute Gasteiger partial charge is 0.161 e. The molecule has 1 fully saturated rings. The first-order valence-electron chi connectivity index (χ1n) is 7.22. The zero-order valence-corrected chi connectivity index (χ0v) is 12.0. The summed E-state index contributed by atoms with van der Waals surface area (Å²) in [5.41, 5.74) is 1.24. The lowest BCUT2D eigenvalue weighted by Crippen LogP contribution is -2.31. The van der Waals surface area contributed by atoms with Crippen LogP contribution in [-0.4, -0.2) is 29.7 Å². The molecule has 0 atom stereocenters. The van der Waals surface area contributed by atoms with E-state index in [4.69, 9.17) is 4.74 Å². The lowest BCUT2D eigenvalue weighted by atomic mass is 9.80. The predicted molar refractivity (Wildman–Crippen MR) is 80.9 cm³/mol. The summed E-state index contributed by atoms with van der Waals surface area (Å²) in [6.45, 7) is 0.821. The van der Waals surface area contributed by atoms with E-state index >= 15 is 0 Å². The molecule has 2 aromatic heterocycles. The van der Waals surface area contributed by atoms with Crippen LogP contribution in [0.5, 0.6) is 0 Å². The van der Waals surface area contributed by atoms with Gasteiger partial charge in [0.2, 0.25) is 0 Å². The maximum atomic E-state index is 9.24. The topological polar surface area (TPSA) is 70.8 Å². The average Bonchev–Trinajstić information content (AvgIpc) is 2.48. The van der Waals surface area contributed by atoms with Crippen LogP contribution >= 0.6 is 0 Å². The number of anilines is 1. The molecule has 108 valence electrons. The molecule has 0 bridgehead atoms. The molecule has 1 N–H and O–H groups in total. The Kier molecular flexibility index (Phi) is 3.98. The van der Waals surface area contributed by atoms with Gasteiger partial charge < -0.3 is 10.1 Å². The number of aromatic nitrogens is 2. The molecule has 0 radical (unpaired) electrons. The number of hydrogen-bond acceptors (Lipinski definition) is 5. The first-order valence-corrected chi connectivity index (χ1v) is 7.22. The van der Waals surface area contributed by atoms with Crippen LogP contribution in [0, 0.1) is 17.2 Å². The maximum Gasteiger partial charge on any atom is 0.161 e. The van der Waals surface area contributed by atoms with Crippen LogP contribution < -0.4 is 5.32 Å². The fourth-order valence-corrected chi connectivity index (χ4v) is 2.72. The van der Waals surface area contributed by atoms with Crippen LogP contribution in [0.3, 0.4) is 0 Å². The Morgan fingerprint density at radius 1 is 1.48 bits per heavy atom. The predicted octanol–water partition coefficient (Wildman–Crippen LogP) is 2.73. The second kappa shape index (κ2) is 6.06. The van der Waals surface area contributed by atoms with E-state index in [1.165, 1.54) is 0 Å². The molecule has 0 saturated heterocycles. The summed E-state index contributed by atoms with van der Waals surface area (Å²) in [5, 5.41) is 13.4. The Balaban J connectivity index is 1.65. The summed E-state index contributed by atoms with van der Waals surface area (Å²) in [7, 11) is 1.77. The lowest BCUT2D eigenvalue weighted by molar-refractivity contribution is -0.000337. The van der Waals surface area contributed by atoms with Gasteiger partial charge in [0.1, 0.15) is 11.9 Å². The largest absolute Gasteiger partial charge is 0.381 e. The third-order valence-corrected chi connectivity index (χ3v) is 4.08. The highest BCUT2D eigenvalue weighted by Gasteiger charge is 2.28. The van der Waals surface area contributed by atoms with E-state index in [1.807, 2.05) is 18.2 Å². The van der Waals surface area contributed by atoms with Crippen LogP contribution in [0.2, 0.25) is 0 Å². The van der Waals surface area contributed by atoms with Gasteiger partial charge in [0.05, 0.1) is 11.7 Å². The van der Waals surface area contributed by atoms with Crippen molar-refractivity contribution in [3.05, 3.63) is 30.0 Å². The van der Waals surface area contributed by atoms with Gasteiger partial charge in [-0.1, -0.05) is 0 Å². The van der Waals surface area contributed by atoms with E-state index in [1.54, 1.807) is 13.3 Å². The highest BCUT2D eigenvalue weighted by molar-refractivity contribution is 5.79. The van der Waals surface area contributed by atoms with Gasteiger partial charge in [-0.25, -0.2) is 9.97 Å². The zero-order chi connectivity index (χ0) is 14.7. The van der Waals surface area contributed by atoms with E-state index in [0.717, 1.165) is 31.2 Å². The standard InChI is InChI=1S/C16H18N4O/c1-21-14-7-11(8-14)4-6-19-16-13(10-17)9-12-3-2-5-18-15(12)20-16/h2-3,5,9,11,14H,4,6-8H2,1H3,(H,18,19,20). The molecule has 0 spiro atoms. The average molecular weight is 282 g/mol. The van der Waals surface area contributed by atoms with Crippen LogP contribution in [0.15, 0.2) is 24.4 Å². The first-order chi connectivity index (χ1) is 10.3. The molecule has 0 unspecified atom stereocenters. The highest BCUT2D eigenvalue weighted by Crippen LogP contribution is 2.32. The fraction of sp³-hybridized carbons (Fsp3) is 0.438. The van der Waals surface area contributed by atoms with Crippen molar-refractivity contribution in [1.29, 1.82) is 5.26 Å². The number of fused-ring (bicyclic) bond motifs is 1. The van der Waals surface area contributed by atoms with E-state index in [2.05, 4.69) is 21.4 Å². The van der Waals surface area contributed by atoms with Gasteiger partial charge >= 0.3 is 0 Å². The van der Waals surface area contributed by atoms with Gasteiger partial charge in [-0.15, -0.1) is 0 Å². The molecule has 0 aromatic carbocycles. The second-order valence-corrected chi connectivity index (χ2v) is 5.46. The lowest BCUT2D eigenvalue weighted by Gasteiger charge is -2.34. The summed E-state index contributed by atoms with van der Waals surface area (Å²) >= 11 is 0. The number of nitrogens with zero attached hydrogens (tertiary/aromatic N) is 3. The summed E-state index contributed by atoms with van der Waals surface area (Å²) in [6.07, 6.45) is 5.50. The minimum Gasteiger partial charge on any atom is -0.381 e. The minimum absolute atomic E-state index is 0.438. The maximum absolute atomic E-state index is 9.24. The third kappa shape index (κ3) is 2.96. The Bertz CT molecular complexity index is 674. The van der Waals surface area contributed by atoms with E-state index in [0.29, 0.717) is 29.1 Å². The number of nitriles is 1. The minimum atomic E-state index is 0.438. The molecule has 5 nitrogen and oxygen atoms in total. The van der Waals surface area contributed by atoms with Gasteiger partial charge in [-0.2, -0.15) is 5.26 Å². The van der Waals surface area contributed by atoms with Crippen molar-refractivity contribution in [2.45, 2.75) is 25.4 Å². The van der Waals surface area contributed by atoms with Crippen molar-refractivity contribution >= 4 is 16.9 Å². The van der Waals surface area contributed by atoms with E-state index in [9.17, 15) is 5.26 Å². The molecule has 2 heterocycles. The number of hydrogen-bond donors (Lipinski definition) is 1. The molecule has 1 saturated carbocycles. The Morgan fingerprint density at radius 2 is 2.33 bits per heavy atom. The molecule has 1 aliphatic carbocycles. The number of rotatable bonds is 5. The molecule has 0 amide bonds. The van der Waals surface area contributed by atoms with Crippen molar-refractivity contribution in [3.63, 3.8) is 0 Å². The van der Waals surface area contributed by atoms with Crippen LogP contribution in [0.4, 0.5) is 5.82 Å². The quantitative estimate of drug-likeness (QED) is 0.913.